The molecule has 1 amide bonds. The maximum atomic E-state index is 13.5. The quantitative estimate of drug-likeness (QED) is 0.372. The minimum absolute atomic E-state index is 0.173. The second-order valence-electron chi connectivity index (χ2n) is 6.57. The number of nitrogens with zero attached hydrogens (tertiary/aromatic N) is 1. The van der Waals surface area contributed by atoms with Crippen LogP contribution in [0.15, 0.2) is 17.1 Å². The Balaban J connectivity index is 2.46. The van der Waals surface area contributed by atoms with E-state index in [-0.39, 0.29) is 12.6 Å². The Morgan fingerprint density at radius 2 is 1.81 bits per heavy atom. The number of anilines is 1. The van der Waals surface area contributed by atoms with Crippen molar-refractivity contribution in [2.75, 3.05) is 18.9 Å². The molecule has 0 aliphatic carbocycles. The lowest BCUT2D eigenvalue weighted by Gasteiger charge is -2.18. The van der Waals surface area contributed by atoms with Gasteiger partial charge in [-0.05, 0) is 31.4 Å². The molecule has 0 heterocycles. The highest BCUT2D eigenvalue weighted by Gasteiger charge is 2.15. The maximum absolute atomic E-state index is 13.5. The molecule has 26 heavy (non-hydrogen) atoms. The van der Waals surface area contributed by atoms with Gasteiger partial charge in [0.15, 0.2) is 23.4 Å². The second-order valence-corrected chi connectivity index (χ2v) is 6.57. The summed E-state index contributed by atoms with van der Waals surface area (Å²) in [6.45, 7) is 6.17. The summed E-state index contributed by atoms with van der Waals surface area (Å²) < 4.78 is 39.6. The van der Waals surface area contributed by atoms with E-state index in [2.05, 4.69) is 34.8 Å². The van der Waals surface area contributed by atoms with Gasteiger partial charge in [0.1, 0.15) is 0 Å². The molecule has 0 spiro atoms. The Labute approximate surface area is 152 Å². The van der Waals surface area contributed by atoms with E-state index in [1.807, 2.05) is 6.92 Å². The van der Waals surface area contributed by atoms with Gasteiger partial charge in [0, 0.05) is 13.1 Å². The molecule has 1 rings (SSSR count). The fraction of sp³-hybridized carbons (Fsp3) is 0.556. The van der Waals surface area contributed by atoms with Gasteiger partial charge in [0.25, 0.3) is 0 Å². The molecule has 0 radical (unpaired) electrons. The van der Waals surface area contributed by atoms with Gasteiger partial charge < -0.3 is 16.0 Å². The number of hydrogen-bond acceptors (Lipinski definition) is 2. The van der Waals surface area contributed by atoms with Crippen molar-refractivity contribution in [3.63, 3.8) is 0 Å². The summed E-state index contributed by atoms with van der Waals surface area (Å²) in [6.07, 6.45) is 3.18. The number of hydrogen-bond donors (Lipinski definition) is 3. The van der Waals surface area contributed by atoms with Crippen molar-refractivity contribution >= 4 is 17.6 Å². The van der Waals surface area contributed by atoms with E-state index in [0.29, 0.717) is 11.9 Å². The van der Waals surface area contributed by atoms with Crippen LogP contribution in [0.4, 0.5) is 18.9 Å². The van der Waals surface area contributed by atoms with Crippen LogP contribution in [0.5, 0.6) is 0 Å². The Kier molecular flexibility index (Phi) is 8.95. The van der Waals surface area contributed by atoms with Gasteiger partial charge in [-0.3, -0.25) is 9.79 Å². The zero-order valence-electron chi connectivity index (χ0n) is 15.6. The average Bonchev–Trinajstić information content (AvgIpc) is 2.58. The van der Waals surface area contributed by atoms with Gasteiger partial charge >= 0.3 is 0 Å². The summed E-state index contributed by atoms with van der Waals surface area (Å²) in [5.74, 6) is -3.88. The van der Waals surface area contributed by atoms with E-state index >= 15 is 0 Å². The van der Waals surface area contributed by atoms with Crippen LogP contribution in [0.25, 0.3) is 0 Å². The number of halogens is 3. The van der Waals surface area contributed by atoms with Crippen LogP contribution >= 0.6 is 0 Å². The standard InChI is InChI=1S/C18H27F3N4O/c1-11(2)6-5-7-12(3)24-18(22-4)23-10-15(26)25-14-9-8-13(19)16(20)17(14)21/h8-9,11-12H,5-7,10H2,1-4H3,(H,25,26)(H2,22,23,24). The molecule has 146 valence electrons. The van der Waals surface area contributed by atoms with Crippen molar-refractivity contribution in [1.29, 1.82) is 0 Å². The second kappa shape index (κ2) is 10.7. The van der Waals surface area contributed by atoms with E-state index in [4.69, 9.17) is 0 Å². The Bertz CT molecular complexity index is 635. The molecule has 3 N–H and O–H groups in total. The summed E-state index contributed by atoms with van der Waals surface area (Å²) in [6, 6.07) is 1.89. The lowest BCUT2D eigenvalue weighted by molar-refractivity contribution is -0.115. The molecule has 1 unspecified atom stereocenters. The van der Waals surface area contributed by atoms with Gasteiger partial charge in [-0.15, -0.1) is 0 Å². The largest absolute Gasteiger partial charge is 0.354 e. The number of benzene rings is 1. The van der Waals surface area contributed by atoms with Crippen molar-refractivity contribution in [2.24, 2.45) is 10.9 Å². The molecule has 1 aromatic carbocycles. The minimum Gasteiger partial charge on any atom is -0.354 e. The fourth-order valence-corrected chi connectivity index (χ4v) is 2.31. The summed E-state index contributed by atoms with van der Waals surface area (Å²) in [5.41, 5.74) is -0.416. The van der Waals surface area contributed by atoms with E-state index < -0.39 is 29.0 Å². The van der Waals surface area contributed by atoms with Crippen molar-refractivity contribution in [1.82, 2.24) is 10.6 Å². The van der Waals surface area contributed by atoms with E-state index in [1.165, 1.54) is 0 Å². The highest BCUT2D eigenvalue weighted by atomic mass is 19.2. The first kappa shape index (κ1) is 21.8. The van der Waals surface area contributed by atoms with Gasteiger partial charge in [-0.25, -0.2) is 13.2 Å². The van der Waals surface area contributed by atoms with Crippen LogP contribution in [0.2, 0.25) is 0 Å². The third kappa shape index (κ3) is 7.33. The molecule has 0 aromatic heterocycles. The van der Waals surface area contributed by atoms with Crippen molar-refractivity contribution in [2.45, 2.75) is 46.1 Å². The van der Waals surface area contributed by atoms with Crippen LogP contribution < -0.4 is 16.0 Å². The molecule has 0 saturated heterocycles. The molecule has 0 fully saturated rings. The van der Waals surface area contributed by atoms with Crippen molar-refractivity contribution in [3.8, 4) is 0 Å². The maximum Gasteiger partial charge on any atom is 0.243 e. The molecule has 0 aliphatic heterocycles. The van der Waals surface area contributed by atoms with Gasteiger partial charge in [-0.1, -0.05) is 26.7 Å². The van der Waals surface area contributed by atoms with Gasteiger partial charge in [0.05, 0.1) is 12.2 Å². The molecule has 0 saturated carbocycles. The number of nitrogens with one attached hydrogen (secondary N) is 3. The van der Waals surface area contributed by atoms with E-state index in [1.54, 1.807) is 7.05 Å². The monoisotopic (exact) mass is 372 g/mol. The van der Waals surface area contributed by atoms with Gasteiger partial charge in [-0.2, -0.15) is 0 Å². The van der Waals surface area contributed by atoms with Gasteiger partial charge in [0.2, 0.25) is 5.91 Å². The highest BCUT2D eigenvalue weighted by molar-refractivity contribution is 5.95. The lowest BCUT2D eigenvalue weighted by Crippen LogP contribution is -2.45. The minimum atomic E-state index is -1.62. The molecule has 1 atom stereocenters. The summed E-state index contributed by atoms with van der Waals surface area (Å²) in [5, 5.41) is 8.16. The predicted octanol–water partition coefficient (Wildman–Crippen LogP) is 3.42. The molecule has 8 heteroatoms. The van der Waals surface area contributed by atoms with Crippen molar-refractivity contribution < 1.29 is 18.0 Å². The number of rotatable bonds is 8. The smallest absolute Gasteiger partial charge is 0.243 e. The zero-order chi connectivity index (χ0) is 19.7. The highest BCUT2D eigenvalue weighted by Crippen LogP contribution is 2.19. The Morgan fingerprint density at radius 3 is 2.42 bits per heavy atom. The summed E-state index contributed by atoms with van der Waals surface area (Å²) in [4.78, 5) is 15.9. The number of carbonyl (C=O) groups is 1. The van der Waals surface area contributed by atoms with Crippen LogP contribution in [-0.4, -0.2) is 31.5 Å². The van der Waals surface area contributed by atoms with Crippen LogP contribution in [-0.2, 0) is 4.79 Å². The van der Waals surface area contributed by atoms with Crippen LogP contribution in [0.3, 0.4) is 0 Å². The predicted molar refractivity (Wildman–Crippen MR) is 97.6 cm³/mol. The third-order valence-corrected chi connectivity index (χ3v) is 3.75. The number of aliphatic imine (C=N–C) groups is 1. The van der Waals surface area contributed by atoms with Crippen LogP contribution in [0, 0.1) is 23.4 Å². The Morgan fingerprint density at radius 1 is 1.12 bits per heavy atom. The fourth-order valence-electron chi connectivity index (χ4n) is 2.31. The first-order valence-electron chi connectivity index (χ1n) is 8.65. The van der Waals surface area contributed by atoms with Crippen molar-refractivity contribution in [3.05, 3.63) is 29.6 Å². The number of carbonyl (C=O) groups excluding carboxylic acids is 1. The molecular formula is C18H27F3N4O. The lowest BCUT2D eigenvalue weighted by atomic mass is 10.0. The molecule has 5 nitrogen and oxygen atoms in total. The molecule has 1 aromatic rings. The van der Waals surface area contributed by atoms with E-state index in [0.717, 1.165) is 31.4 Å². The SMILES string of the molecule is CN=C(NCC(=O)Nc1ccc(F)c(F)c1F)NC(C)CCCC(C)C. The molecule has 0 bridgehead atoms. The van der Waals surface area contributed by atoms with Crippen LogP contribution in [0.1, 0.15) is 40.0 Å². The Hall–Kier alpha value is -2.25. The number of guanidine groups is 1. The van der Waals surface area contributed by atoms with E-state index in [9.17, 15) is 18.0 Å². The number of amides is 1. The first-order chi connectivity index (χ1) is 12.2. The summed E-state index contributed by atoms with van der Waals surface area (Å²) >= 11 is 0. The third-order valence-electron chi connectivity index (χ3n) is 3.75. The normalized spacial score (nSPS) is 12.8. The summed E-state index contributed by atoms with van der Waals surface area (Å²) in [7, 11) is 1.57. The zero-order valence-corrected chi connectivity index (χ0v) is 15.6. The average molecular weight is 372 g/mol. The molecular weight excluding hydrogens is 345 g/mol. The molecule has 0 aliphatic rings. The topological polar surface area (TPSA) is 65.5 Å². The first-order valence-corrected chi connectivity index (χ1v) is 8.65.